The van der Waals surface area contributed by atoms with Crippen molar-refractivity contribution in [1.82, 2.24) is 5.32 Å². The second kappa shape index (κ2) is 7.51. The molecule has 0 saturated heterocycles. The zero-order valence-electron chi connectivity index (χ0n) is 13.0. The SMILES string of the molecule is CCOCCN(C)c1ccc(CNC(C)(C)C)cc1. The number of hydrogen-bond acceptors (Lipinski definition) is 3. The van der Waals surface area contributed by atoms with Crippen molar-refractivity contribution in [3.05, 3.63) is 29.8 Å². The van der Waals surface area contributed by atoms with Gasteiger partial charge in [0.1, 0.15) is 0 Å². The van der Waals surface area contributed by atoms with Crippen LogP contribution in [-0.4, -0.2) is 32.3 Å². The number of rotatable bonds is 7. The smallest absolute Gasteiger partial charge is 0.0641 e. The van der Waals surface area contributed by atoms with Crippen LogP contribution < -0.4 is 10.2 Å². The number of nitrogens with one attached hydrogen (secondary N) is 1. The Morgan fingerprint density at radius 1 is 1.16 bits per heavy atom. The molecule has 1 N–H and O–H groups in total. The molecule has 0 aliphatic carbocycles. The van der Waals surface area contributed by atoms with Crippen LogP contribution in [-0.2, 0) is 11.3 Å². The predicted octanol–water partition coefficient (Wildman–Crippen LogP) is 3.05. The van der Waals surface area contributed by atoms with Gasteiger partial charge < -0.3 is 15.0 Å². The lowest BCUT2D eigenvalue weighted by molar-refractivity contribution is 0.154. The molecule has 0 aromatic heterocycles. The van der Waals surface area contributed by atoms with Crippen molar-refractivity contribution in [3.63, 3.8) is 0 Å². The molecule has 0 heterocycles. The lowest BCUT2D eigenvalue weighted by Gasteiger charge is -2.22. The van der Waals surface area contributed by atoms with E-state index < -0.39 is 0 Å². The van der Waals surface area contributed by atoms with Crippen LogP contribution in [0.15, 0.2) is 24.3 Å². The van der Waals surface area contributed by atoms with E-state index in [2.05, 4.69) is 62.3 Å². The van der Waals surface area contributed by atoms with Gasteiger partial charge in [-0.2, -0.15) is 0 Å². The maximum atomic E-state index is 5.37. The standard InChI is InChI=1S/C16H28N2O/c1-6-19-12-11-18(5)15-9-7-14(8-10-15)13-17-16(2,3)4/h7-10,17H,6,11-13H2,1-5H3. The average molecular weight is 264 g/mol. The number of hydrogen-bond donors (Lipinski definition) is 1. The molecule has 1 aromatic rings. The van der Waals surface area contributed by atoms with Crippen molar-refractivity contribution in [2.45, 2.75) is 39.8 Å². The van der Waals surface area contributed by atoms with Gasteiger partial charge in [0.05, 0.1) is 6.61 Å². The molecule has 0 radical (unpaired) electrons. The fourth-order valence-electron chi connectivity index (χ4n) is 1.71. The molecule has 0 unspecified atom stereocenters. The molecule has 0 atom stereocenters. The number of benzene rings is 1. The molecule has 0 spiro atoms. The molecule has 0 bridgehead atoms. The third-order valence-corrected chi connectivity index (χ3v) is 2.98. The molecule has 19 heavy (non-hydrogen) atoms. The van der Waals surface area contributed by atoms with Crippen molar-refractivity contribution < 1.29 is 4.74 Å². The zero-order chi connectivity index (χ0) is 14.3. The summed E-state index contributed by atoms with van der Waals surface area (Å²) in [4.78, 5) is 2.22. The number of nitrogens with zero attached hydrogens (tertiary/aromatic N) is 1. The van der Waals surface area contributed by atoms with Gasteiger partial charge in [-0.3, -0.25) is 0 Å². The largest absolute Gasteiger partial charge is 0.380 e. The lowest BCUT2D eigenvalue weighted by atomic mass is 10.1. The van der Waals surface area contributed by atoms with Crippen LogP contribution in [0.2, 0.25) is 0 Å². The monoisotopic (exact) mass is 264 g/mol. The second-order valence-electron chi connectivity index (χ2n) is 5.89. The summed E-state index contributed by atoms with van der Waals surface area (Å²) in [7, 11) is 2.10. The Balaban J connectivity index is 2.46. The van der Waals surface area contributed by atoms with Crippen molar-refractivity contribution in [2.24, 2.45) is 0 Å². The van der Waals surface area contributed by atoms with Gasteiger partial charge in [0.25, 0.3) is 0 Å². The third-order valence-electron chi connectivity index (χ3n) is 2.98. The van der Waals surface area contributed by atoms with Gasteiger partial charge in [-0.1, -0.05) is 12.1 Å². The van der Waals surface area contributed by atoms with Crippen molar-refractivity contribution in [1.29, 1.82) is 0 Å². The fraction of sp³-hybridized carbons (Fsp3) is 0.625. The predicted molar refractivity (Wildman–Crippen MR) is 82.8 cm³/mol. The summed E-state index contributed by atoms with van der Waals surface area (Å²) in [5.41, 5.74) is 2.71. The minimum Gasteiger partial charge on any atom is -0.380 e. The van der Waals surface area contributed by atoms with E-state index in [-0.39, 0.29) is 5.54 Å². The first-order valence-corrected chi connectivity index (χ1v) is 7.05. The molecule has 0 aliphatic rings. The van der Waals surface area contributed by atoms with Gasteiger partial charge in [-0.25, -0.2) is 0 Å². The van der Waals surface area contributed by atoms with E-state index >= 15 is 0 Å². The molecule has 3 heteroatoms. The van der Waals surface area contributed by atoms with Crippen LogP contribution in [0.5, 0.6) is 0 Å². The van der Waals surface area contributed by atoms with Crippen LogP contribution >= 0.6 is 0 Å². The molecular formula is C16H28N2O. The minimum atomic E-state index is 0.160. The maximum Gasteiger partial charge on any atom is 0.0641 e. The summed E-state index contributed by atoms with van der Waals surface area (Å²) in [5, 5.41) is 3.50. The average Bonchev–Trinajstić information content (AvgIpc) is 2.36. The molecule has 0 fully saturated rings. The third kappa shape index (κ3) is 6.60. The van der Waals surface area contributed by atoms with Crippen molar-refractivity contribution in [2.75, 3.05) is 31.7 Å². The Bertz CT molecular complexity index is 354. The van der Waals surface area contributed by atoms with Crippen LogP contribution in [0.3, 0.4) is 0 Å². The summed E-state index contributed by atoms with van der Waals surface area (Å²) >= 11 is 0. The quantitative estimate of drug-likeness (QED) is 0.766. The highest BCUT2D eigenvalue weighted by Crippen LogP contribution is 2.14. The Hall–Kier alpha value is -1.06. The summed E-state index contributed by atoms with van der Waals surface area (Å²) in [6.45, 7) is 12.0. The summed E-state index contributed by atoms with van der Waals surface area (Å²) < 4.78 is 5.37. The van der Waals surface area contributed by atoms with E-state index in [1.165, 1.54) is 11.3 Å². The number of likely N-dealkylation sites (N-methyl/N-ethyl adjacent to an activating group) is 1. The van der Waals surface area contributed by atoms with Crippen LogP contribution in [0, 0.1) is 0 Å². The van der Waals surface area contributed by atoms with E-state index in [4.69, 9.17) is 4.74 Å². The van der Waals surface area contributed by atoms with Crippen LogP contribution in [0.25, 0.3) is 0 Å². The highest BCUT2D eigenvalue weighted by molar-refractivity contribution is 5.46. The van der Waals surface area contributed by atoms with E-state index in [1.807, 2.05) is 6.92 Å². The van der Waals surface area contributed by atoms with Crippen LogP contribution in [0.4, 0.5) is 5.69 Å². The van der Waals surface area contributed by atoms with Crippen molar-refractivity contribution in [3.8, 4) is 0 Å². The highest BCUT2D eigenvalue weighted by Gasteiger charge is 2.08. The first kappa shape index (κ1) is 16.0. The summed E-state index contributed by atoms with van der Waals surface area (Å²) in [6, 6.07) is 8.72. The van der Waals surface area contributed by atoms with Gasteiger partial charge >= 0.3 is 0 Å². The summed E-state index contributed by atoms with van der Waals surface area (Å²) in [6.07, 6.45) is 0. The molecule has 0 amide bonds. The molecule has 0 saturated carbocycles. The maximum absolute atomic E-state index is 5.37. The molecule has 0 aliphatic heterocycles. The molecule has 1 aromatic carbocycles. The topological polar surface area (TPSA) is 24.5 Å². The fourth-order valence-corrected chi connectivity index (χ4v) is 1.71. The van der Waals surface area contributed by atoms with Crippen molar-refractivity contribution >= 4 is 5.69 Å². The normalized spacial score (nSPS) is 11.6. The zero-order valence-corrected chi connectivity index (χ0v) is 13.0. The van der Waals surface area contributed by atoms with E-state index in [0.29, 0.717) is 0 Å². The molecule has 1 rings (SSSR count). The van der Waals surface area contributed by atoms with Gasteiger partial charge in [0.15, 0.2) is 0 Å². The van der Waals surface area contributed by atoms with Gasteiger partial charge in [-0.05, 0) is 45.4 Å². The van der Waals surface area contributed by atoms with Crippen LogP contribution in [0.1, 0.15) is 33.3 Å². The Kier molecular flexibility index (Phi) is 6.32. The highest BCUT2D eigenvalue weighted by atomic mass is 16.5. The first-order chi connectivity index (χ1) is 8.92. The molecule has 108 valence electrons. The minimum absolute atomic E-state index is 0.160. The number of anilines is 1. The lowest BCUT2D eigenvalue weighted by Crippen LogP contribution is -2.35. The Morgan fingerprint density at radius 2 is 1.79 bits per heavy atom. The van der Waals surface area contributed by atoms with E-state index in [9.17, 15) is 0 Å². The molecule has 3 nitrogen and oxygen atoms in total. The Labute approximate surface area is 118 Å². The first-order valence-electron chi connectivity index (χ1n) is 7.05. The van der Waals surface area contributed by atoms with Gasteiger partial charge in [0, 0.05) is 38.0 Å². The number of ether oxygens (including phenoxy) is 1. The molecular weight excluding hydrogens is 236 g/mol. The van der Waals surface area contributed by atoms with E-state index in [1.54, 1.807) is 0 Å². The van der Waals surface area contributed by atoms with Gasteiger partial charge in [0.2, 0.25) is 0 Å². The summed E-state index contributed by atoms with van der Waals surface area (Å²) in [5.74, 6) is 0. The Morgan fingerprint density at radius 3 is 2.32 bits per heavy atom. The van der Waals surface area contributed by atoms with Gasteiger partial charge in [-0.15, -0.1) is 0 Å². The van der Waals surface area contributed by atoms with E-state index in [0.717, 1.165) is 26.3 Å². The second-order valence-corrected chi connectivity index (χ2v) is 5.89.